The van der Waals surface area contributed by atoms with Crippen molar-refractivity contribution in [3.8, 4) is 16.9 Å². The molecule has 0 N–H and O–H groups in total. The van der Waals surface area contributed by atoms with Gasteiger partial charge in [0.2, 0.25) is 0 Å². The standard InChI is InChI=1S/C22H21F5O/c1-2-3-4-5-14-6-7-15-11-18(19(23)13-17(15)10-14)16-8-9-21(20(24)12-16)28-22(25,26)27/h8-13H,2-7H2,1H3. The molecule has 0 saturated carbocycles. The molecule has 0 spiro atoms. The fourth-order valence-corrected chi connectivity index (χ4v) is 3.47. The fraction of sp³-hybridized carbons (Fsp3) is 0.364. The maximum atomic E-state index is 14.6. The van der Waals surface area contributed by atoms with Crippen molar-refractivity contribution >= 4 is 6.08 Å². The Hall–Kier alpha value is -2.37. The first-order valence-corrected chi connectivity index (χ1v) is 9.34. The van der Waals surface area contributed by atoms with E-state index >= 15 is 0 Å². The first-order valence-electron chi connectivity index (χ1n) is 9.34. The van der Waals surface area contributed by atoms with Crippen molar-refractivity contribution in [1.29, 1.82) is 0 Å². The highest BCUT2D eigenvalue weighted by Crippen LogP contribution is 2.35. The average molecular weight is 396 g/mol. The predicted molar refractivity (Wildman–Crippen MR) is 98.9 cm³/mol. The monoisotopic (exact) mass is 396 g/mol. The Morgan fingerprint density at radius 3 is 2.43 bits per heavy atom. The van der Waals surface area contributed by atoms with Crippen molar-refractivity contribution in [1.82, 2.24) is 0 Å². The minimum atomic E-state index is -4.99. The van der Waals surface area contributed by atoms with Crippen LogP contribution in [0.3, 0.4) is 0 Å². The van der Waals surface area contributed by atoms with E-state index in [9.17, 15) is 22.0 Å². The third-order valence-corrected chi connectivity index (χ3v) is 4.87. The summed E-state index contributed by atoms with van der Waals surface area (Å²) in [6.07, 6.45) is 3.12. The number of halogens is 5. The lowest BCUT2D eigenvalue weighted by Gasteiger charge is -2.18. The number of rotatable bonds is 6. The Balaban J connectivity index is 1.86. The number of benzene rings is 2. The molecule has 0 atom stereocenters. The summed E-state index contributed by atoms with van der Waals surface area (Å²) in [6.45, 7) is 2.14. The number of ether oxygens (including phenoxy) is 1. The molecule has 2 aromatic rings. The van der Waals surface area contributed by atoms with Crippen LogP contribution >= 0.6 is 0 Å². The summed E-state index contributed by atoms with van der Waals surface area (Å²) < 4.78 is 69.1. The number of allylic oxidation sites excluding steroid dienone is 1. The minimum Gasteiger partial charge on any atom is -0.403 e. The molecule has 0 radical (unpaired) electrons. The normalized spacial score (nSPS) is 13.9. The number of aryl methyl sites for hydroxylation is 1. The van der Waals surface area contributed by atoms with Gasteiger partial charge >= 0.3 is 6.36 Å². The molecule has 0 unspecified atom stereocenters. The van der Waals surface area contributed by atoms with Gasteiger partial charge in [-0.1, -0.05) is 37.5 Å². The Morgan fingerprint density at radius 2 is 1.75 bits per heavy atom. The van der Waals surface area contributed by atoms with E-state index in [-0.39, 0.29) is 11.1 Å². The van der Waals surface area contributed by atoms with Crippen molar-refractivity contribution in [2.45, 2.75) is 51.8 Å². The van der Waals surface area contributed by atoms with Crippen molar-refractivity contribution < 1.29 is 26.7 Å². The van der Waals surface area contributed by atoms with Gasteiger partial charge < -0.3 is 4.74 Å². The summed E-state index contributed by atoms with van der Waals surface area (Å²) in [5, 5.41) is 0. The molecule has 150 valence electrons. The second-order valence-corrected chi connectivity index (χ2v) is 6.98. The van der Waals surface area contributed by atoms with Crippen LogP contribution in [0, 0.1) is 11.6 Å². The third kappa shape index (κ3) is 4.91. The molecule has 1 aliphatic carbocycles. The molecule has 0 bridgehead atoms. The Bertz CT molecular complexity index is 883. The molecule has 3 rings (SSSR count). The van der Waals surface area contributed by atoms with Crippen LogP contribution in [-0.2, 0) is 6.42 Å². The van der Waals surface area contributed by atoms with Crippen LogP contribution in [0.1, 0.15) is 50.2 Å². The quantitative estimate of drug-likeness (QED) is 0.364. The van der Waals surface area contributed by atoms with Crippen LogP contribution in [0.25, 0.3) is 17.2 Å². The predicted octanol–water partition coefficient (Wildman–Crippen LogP) is 7.44. The molecular formula is C22H21F5O. The molecule has 1 aliphatic rings. The number of unbranched alkanes of at least 4 members (excludes halogenated alkanes) is 2. The van der Waals surface area contributed by atoms with E-state index in [0.29, 0.717) is 0 Å². The maximum absolute atomic E-state index is 14.6. The SMILES string of the molecule is CCCCCC1=Cc2cc(F)c(-c3ccc(OC(F)(F)F)c(F)c3)cc2CC1. The zero-order chi connectivity index (χ0) is 20.3. The van der Waals surface area contributed by atoms with E-state index in [0.717, 1.165) is 61.8 Å². The van der Waals surface area contributed by atoms with Gasteiger partial charge in [-0.2, -0.15) is 0 Å². The molecule has 0 fully saturated rings. The van der Waals surface area contributed by atoms with Gasteiger partial charge in [0, 0.05) is 5.56 Å². The van der Waals surface area contributed by atoms with Gasteiger partial charge in [-0.15, -0.1) is 13.2 Å². The fourth-order valence-electron chi connectivity index (χ4n) is 3.47. The largest absolute Gasteiger partial charge is 0.573 e. The van der Waals surface area contributed by atoms with Crippen molar-refractivity contribution in [3.63, 3.8) is 0 Å². The summed E-state index contributed by atoms with van der Waals surface area (Å²) >= 11 is 0. The molecule has 0 aromatic heterocycles. The molecule has 6 heteroatoms. The number of alkyl halides is 3. The Kier molecular flexibility index (Phi) is 6.06. The molecule has 0 amide bonds. The Morgan fingerprint density at radius 1 is 0.964 bits per heavy atom. The third-order valence-electron chi connectivity index (χ3n) is 4.87. The second-order valence-electron chi connectivity index (χ2n) is 6.98. The molecule has 0 aliphatic heterocycles. The first-order chi connectivity index (χ1) is 13.3. The molecule has 0 saturated heterocycles. The smallest absolute Gasteiger partial charge is 0.403 e. The van der Waals surface area contributed by atoms with Crippen LogP contribution in [0.15, 0.2) is 35.9 Å². The van der Waals surface area contributed by atoms with E-state index in [1.165, 1.54) is 17.7 Å². The van der Waals surface area contributed by atoms with Gasteiger partial charge in [0.05, 0.1) is 0 Å². The van der Waals surface area contributed by atoms with Crippen LogP contribution in [0.5, 0.6) is 5.75 Å². The summed E-state index contributed by atoms with van der Waals surface area (Å²) in [7, 11) is 0. The van der Waals surface area contributed by atoms with Crippen LogP contribution < -0.4 is 4.74 Å². The summed E-state index contributed by atoms with van der Waals surface area (Å²) in [5.74, 6) is -2.66. The first kappa shape index (κ1) is 20.4. The van der Waals surface area contributed by atoms with Gasteiger partial charge in [0.15, 0.2) is 11.6 Å². The lowest BCUT2D eigenvalue weighted by molar-refractivity contribution is -0.275. The van der Waals surface area contributed by atoms with E-state index in [1.54, 1.807) is 6.07 Å². The van der Waals surface area contributed by atoms with Crippen molar-refractivity contribution in [2.75, 3.05) is 0 Å². The van der Waals surface area contributed by atoms with E-state index in [1.807, 2.05) is 6.08 Å². The Labute approximate surface area is 160 Å². The van der Waals surface area contributed by atoms with Crippen LogP contribution in [0.4, 0.5) is 22.0 Å². The van der Waals surface area contributed by atoms with Gasteiger partial charge in [0.1, 0.15) is 5.82 Å². The van der Waals surface area contributed by atoms with E-state index in [4.69, 9.17) is 0 Å². The minimum absolute atomic E-state index is 0.166. The molecule has 28 heavy (non-hydrogen) atoms. The van der Waals surface area contributed by atoms with Crippen LogP contribution in [0.2, 0.25) is 0 Å². The zero-order valence-corrected chi connectivity index (χ0v) is 15.5. The average Bonchev–Trinajstić information content (AvgIpc) is 2.62. The summed E-state index contributed by atoms with van der Waals surface area (Å²) in [6, 6.07) is 6.03. The van der Waals surface area contributed by atoms with Gasteiger partial charge in [0.25, 0.3) is 0 Å². The molecule has 2 aromatic carbocycles. The zero-order valence-electron chi connectivity index (χ0n) is 15.5. The topological polar surface area (TPSA) is 9.23 Å². The van der Waals surface area contributed by atoms with Gasteiger partial charge in [-0.3, -0.25) is 0 Å². The highest BCUT2D eigenvalue weighted by molar-refractivity contribution is 5.71. The highest BCUT2D eigenvalue weighted by atomic mass is 19.4. The van der Waals surface area contributed by atoms with E-state index < -0.39 is 23.7 Å². The van der Waals surface area contributed by atoms with Gasteiger partial charge in [-0.05, 0) is 66.6 Å². The lowest BCUT2D eigenvalue weighted by atomic mass is 9.87. The maximum Gasteiger partial charge on any atom is 0.573 e. The van der Waals surface area contributed by atoms with E-state index in [2.05, 4.69) is 11.7 Å². The molecule has 0 heterocycles. The summed E-state index contributed by atoms with van der Waals surface area (Å²) in [4.78, 5) is 0. The highest BCUT2D eigenvalue weighted by Gasteiger charge is 2.32. The summed E-state index contributed by atoms with van der Waals surface area (Å²) in [5.41, 5.74) is 3.40. The van der Waals surface area contributed by atoms with Crippen molar-refractivity contribution in [2.24, 2.45) is 0 Å². The number of fused-ring (bicyclic) bond motifs is 1. The second kappa shape index (κ2) is 8.33. The van der Waals surface area contributed by atoms with Gasteiger partial charge in [-0.25, -0.2) is 8.78 Å². The lowest BCUT2D eigenvalue weighted by Crippen LogP contribution is -2.17. The number of hydrogen-bond acceptors (Lipinski definition) is 1. The number of hydrogen-bond donors (Lipinski definition) is 0. The van der Waals surface area contributed by atoms with Crippen molar-refractivity contribution in [3.05, 3.63) is 58.7 Å². The molecular weight excluding hydrogens is 375 g/mol. The molecule has 1 nitrogen and oxygen atoms in total. The van der Waals surface area contributed by atoms with Crippen LogP contribution in [-0.4, -0.2) is 6.36 Å².